The van der Waals surface area contributed by atoms with Gasteiger partial charge in [0.2, 0.25) is 17.6 Å². The van der Waals surface area contributed by atoms with Crippen LogP contribution in [0.2, 0.25) is 0 Å². The minimum absolute atomic E-state index is 0.0157. The molecule has 1 saturated heterocycles. The Morgan fingerprint density at radius 3 is 2.47 bits per heavy atom. The number of rotatable bonds is 8. The maximum Gasteiger partial charge on any atom is 0.376 e. The van der Waals surface area contributed by atoms with Crippen LogP contribution < -0.4 is 5.32 Å². The highest BCUT2D eigenvalue weighted by molar-refractivity contribution is 9.10. The Hall–Kier alpha value is -4.78. The molecule has 12 nitrogen and oxygen atoms in total. The standard InChI is InChI=1S/C32H32BrN7O5/c1-7-23-17(3)11-24(31(43)37-29-16(2)8-9-25(33)36-29)40(23)26(42)15-39-28-18(4)10-20(12-22(28)27(38-39)19(5)41)21-13-34-30(35-14-21)32(44)45-6/h7-10,12-14,17,23-24H,1,11,15H2,2-6H3,(H,36,37,43)/t17-,23+,24-/m0/s1. The fraction of sp³-hybridized carbons (Fsp3) is 0.312. The number of amides is 2. The van der Waals surface area contributed by atoms with Gasteiger partial charge in [0, 0.05) is 30.3 Å². The minimum Gasteiger partial charge on any atom is -0.463 e. The first-order chi connectivity index (χ1) is 21.4. The zero-order chi connectivity index (χ0) is 32.6. The second-order valence-electron chi connectivity index (χ2n) is 11.1. The van der Waals surface area contributed by atoms with Gasteiger partial charge in [-0.15, -0.1) is 6.58 Å². The maximum atomic E-state index is 14.0. The van der Waals surface area contributed by atoms with Crippen LogP contribution in [-0.4, -0.2) is 72.4 Å². The van der Waals surface area contributed by atoms with Gasteiger partial charge in [0.1, 0.15) is 28.7 Å². The molecule has 0 unspecified atom stereocenters. The topological polar surface area (TPSA) is 149 Å². The fourth-order valence-electron chi connectivity index (χ4n) is 5.79. The number of carbonyl (C=O) groups excluding carboxylic acids is 4. The van der Waals surface area contributed by atoms with Crippen molar-refractivity contribution in [3.8, 4) is 11.1 Å². The Balaban J connectivity index is 1.48. The lowest BCUT2D eigenvalue weighted by Crippen LogP contribution is -2.48. The molecule has 4 heterocycles. The summed E-state index contributed by atoms with van der Waals surface area (Å²) in [6.07, 6.45) is 5.13. The van der Waals surface area contributed by atoms with Gasteiger partial charge in [0.05, 0.1) is 18.7 Å². The number of fused-ring (bicyclic) bond motifs is 1. The molecule has 5 rings (SSSR count). The molecule has 0 radical (unpaired) electrons. The van der Waals surface area contributed by atoms with Gasteiger partial charge in [-0.3, -0.25) is 19.1 Å². The molecular formula is C32H32BrN7O5. The number of Topliss-reactive ketones (excluding diaryl/α,β-unsaturated/α-hetero) is 1. The number of carbonyl (C=O) groups is 4. The molecule has 1 N–H and O–H groups in total. The van der Waals surface area contributed by atoms with E-state index in [1.807, 2.05) is 32.9 Å². The van der Waals surface area contributed by atoms with Crippen molar-refractivity contribution in [2.75, 3.05) is 12.4 Å². The molecule has 45 heavy (non-hydrogen) atoms. The molecular weight excluding hydrogens is 642 g/mol. The molecule has 3 aromatic heterocycles. The molecule has 0 saturated carbocycles. The van der Waals surface area contributed by atoms with E-state index in [0.717, 1.165) is 11.1 Å². The Bertz CT molecular complexity index is 1850. The van der Waals surface area contributed by atoms with Gasteiger partial charge in [-0.1, -0.05) is 19.1 Å². The third kappa shape index (κ3) is 6.12. The molecule has 3 atom stereocenters. The average Bonchev–Trinajstić information content (AvgIpc) is 3.56. The number of ether oxygens (including phenoxy) is 1. The van der Waals surface area contributed by atoms with Crippen LogP contribution in [0.5, 0.6) is 0 Å². The molecule has 232 valence electrons. The van der Waals surface area contributed by atoms with Crippen LogP contribution in [0.4, 0.5) is 5.82 Å². The summed E-state index contributed by atoms with van der Waals surface area (Å²) in [5.74, 6) is -1.27. The summed E-state index contributed by atoms with van der Waals surface area (Å²) in [7, 11) is 1.25. The molecule has 1 aliphatic rings. The SMILES string of the molecule is C=C[C@@H]1[C@@H](C)C[C@@H](C(=O)Nc2nc(Br)ccc2C)N1C(=O)Cn1nc(C(C)=O)c2cc(-c3cnc(C(=O)OC)nc3)cc(C)c21. The highest BCUT2D eigenvalue weighted by atomic mass is 79.9. The van der Waals surface area contributed by atoms with E-state index in [-0.39, 0.29) is 47.6 Å². The fourth-order valence-corrected chi connectivity index (χ4v) is 6.10. The van der Waals surface area contributed by atoms with E-state index >= 15 is 0 Å². The highest BCUT2D eigenvalue weighted by Crippen LogP contribution is 2.34. The minimum atomic E-state index is -0.759. The van der Waals surface area contributed by atoms with Gasteiger partial charge in [0.25, 0.3) is 0 Å². The van der Waals surface area contributed by atoms with Gasteiger partial charge < -0.3 is 15.0 Å². The summed E-state index contributed by atoms with van der Waals surface area (Å²) in [6, 6.07) is 6.16. The summed E-state index contributed by atoms with van der Waals surface area (Å²) >= 11 is 3.34. The van der Waals surface area contributed by atoms with Crippen molar-refractivity contribution < 1.29 is 23.9 Å². The first-order valence-electron chi connectivity index (χ1n) is 14.2. The monoisotopic (exact) mass is 673 g/mol. The number of ketones is 1. The van der Waals surface area contributed by atoms with Crippen molar-refractivity contribution in [2.24, 2.45) is 5.92 Å². The molecule has 0 spiro atoms. The van der Waals surface area contributed by atoms with Gasteiger partial charge in [0.15, 0.2) is 5.78 Å². The predicted octanol–water partition coefficient (Wildman–Crippen LogP) is 4.69. The van der Waals surface area contributed by atoms with E-state index in [4.69, 9.17) is 0 Å². The lowest BCUT2D eigenvalue weighted by atomic mass is 10.0. The molecule has 1 aliphatic heterocycles. The van der Waals surface area contributed by atoms with Crippen LogP contribution in [0.3, 0.4) is 0 Å². The number of methoxy groups -OCH3 is 1. The normalized spacial score (nSPS) is 17.7. The summed E-state index contributed by atoms with van der Waals surface area (Å²) in [4.78, 5) is 66.2. The molecule has 0 bridgehead atoms. The molecule has 4 aromatic rings. The van der Waals surface area contributed by atoms with Crippen molar-refractivity contribution in [3.63, 3.8) is 0 Å². The maximum absolute atomic E-state index is 14.0. The summed E-state index contributed by atoms with van der Waals surface area (Å²) in [6.45, 7) is 10.8. The van der Waals surface area contributed by atoms with Crippen LogP contribution in [0, 0.1) is 19.8 Å². The van der Waals surface area contributed by atoms with E-state index in [2.05, 4.69) is 52.6 Å². The summed E-state index contributed by atoms with van der Waals surface area (Å²) < 4.78 is 6.77. The number of halogens is 1. The predicted molar refractivity (Wildman–Crippen MR) is 171 cm³/mol. The summed E-state index contributed by atoms with van der Waals surface area (Å²) in [5.41, 5.74) is 3.69. The molecule has 1 fully saturated rings. The zero-order valence-electron chi connectivity index (χ0n) is 25.5. The van der Waals surface area contributed by atoms with Crippen LogP contribution in [0.1, 0.15) is 52.5 Å². The number of nitrogens with one attached hydrogen (secondary N) is 1. The number of anilines is 1. The number of pyridine rings is 1. The Morgan fingerprint density at radius 1 is 1.11 bits per heavy atom. The number of hydrogen-bond donors (Lipinski definition) is 1. The van der Waals surface area contributed by atoms with Crippen molar-refractivity contribution in [1.82, 2.24) is 29.6 Å². The highest BCUT2D eigenvalue weighted by Gasteiger charge is 2.44. The summed E-state index contributed by atoms with van der Waals surface area (Å²) in [5, 5.41) is 8.01. The number of aromatic nitrogens is 5. The van der Waals surface area contributed by atoms with E-state index in [1.54, 1.807) is 23.1 Å². The van der Waals surface area contributed by atoms with E-state index in [1.165, 1.54) is 31.1 Å². The molecule has 13 heteroatoms. The van der Waals surface area contributed by atoms with Gasteiger partial charge in [-0.25, -0.2) is 19.7 Å². The van der Waals surface area contributed by atoms with E-state index in [9.17, 15) is 19.2 Å². The Kier molecular flexibility index (Phi) is 8.91. The lowest BCUT2D eigenvalue weighted by molar-refractivity contribution is -0.138. The van der Waals surface area contributed by atoms with Crippen molar-refractivity contribution in [1.29, 1.82) is 0 Å². The van der Waals surface area contributed by atoms with Crippen LogP contribution in [0.15, 0.2) is 53.9 Å². The number of benzene rings is 1. The number of aryl methyl sites for hydroxylation is 2. The smallest absolute Gasteiger partial charge is 0.376 e. The largest absolute Gasteiger partial charge is 0.463 e. The number of nitrogens with zero attached hydrogens (tertiary/aromatic N) is 6. The van der Waals surface area contributed by atoms with Crippen LogP contribution >= 0.6 is 15.9 Å². The lowest BCUT2D eigenvalue weighted by Gasteiger charge is -2.29. The zero-order valence-corrected chi connectivity index (χ0v) is 27.1. The third-order valence-corrected chi connectivity index (χ3v) is 8.42. The van der Waals surface area contributed by atoms with Crippen LogP contribution in [0.25, 0.3) is 22.0 Å². The van der Waals surface area contributed by atoms with Gasteiger partial charge in [-0.2, -0.15) is 5.10 Å². The van der Waals surface area contributed by atoms with Gasteiger partial charge >= 0.3 is 5.97 Å². The van der Waals surface area contributed by atoms with Crippen molar-refractivity contribution in [2.45, 2.75) is 52.7 Å². The quantitative estimate of drug-likeness (QED) is 0.122. The van der Waals surface area contributed by atoms with Crippen molar-refractivity contribution >= 4 is 56.2 Å². The average molecular weight is 675 g/mol. The third-order valence-electron chi connectivity index (χ3n) is 7.98. The second-order valence-corrected chi connectivity index (χ2v) is 11.9. The molecule has 2 amide bonds. The second kappa shape index (κ2) is 12.7. The Morgan fingerprint density at radius 2 is 1.82 bits per heavy atom. The molecule has 0 aliphatic carbocycles. The molecule has 1 aromatic carbocycles. The van der Waals surface area contributed by atoms with Crippen molar-refractivity contribution in [3.05, 3.63) is 76.6 Å². The van der Waals surface area contributed by atoms with Gasteiger partial charge in [-0.05, 0) is 77.0 Å². The first kappa shape index (κ1) is 31.6. The first-order valence-corrected chi connectivity index (χ1v) is 15.0. The van der Waals surface area contributed by atoms with E-state index in [0.29, 0.717) is 38.9 Å². The van der Waals surface area contributed by atoms with Crippen LogP contribution in [-0.2, 0) is 20.9 Å². The van der Waals surface area contributed by atoms with E-state index < -0.39 is 12.0 Å². The number of hydrogen-bond acceptors (Lipinski definition) is 9. The Labute approximate surface area is 268 Å². The number of esters is 1. The number of likely N-dealkylation sites (tertiary alicyclic amines) is 1.